The summed E-state index contributed by atoms with van der Waals surface area (Å²) in [6.07, 6.45) is 2.00. The quantitative estimate of drug-likeness (QED) is 0.790. The minimum Gasteiger partial charge on any atom is -0.324 e. The molecule has 0 aliphatic carbocycles. The lowest BCUT2D eigenvalue weighted by Crippen LogP contribution is -2.44. The van der Waals surface area contributed by atoms with Gasteiger partial charge in [-0.05, 0) is 67.6 Å². The van der Waals surface area contributed by atoms with Gasteiger partial charge in [-0.2, -0.15) is 4.31 Å². The molecule has 2 heterocycles. The summed E-state index contributed by atoms with van der Waals surface area (Å²) < 4.78 is 27.4. The highest BCUT2D eigenvalue weighted by molar-refractivity contribution is 7.89. The maximum absolute atomic E-state index is 13.1. The van der Waals surface area contributed by atoms with Crippen molar-refractivity contribution >= 4 is 33.2 Å². The zero-order chi connectivity index (χ0) is 22.3. The van der Waals surface area contributed by atoms with Gasteiger partial charge in [0.15, 0.2) is 0 Å². The maximum atomic E-state index is 13.1. The number of nitrogens with zero attached hydrogens (tertiary/aromatic N) is 2. The third kappa shape index (κ3) is 3.97. The second-order valence-corrected chi connectivity index (χ2v) is 10.3. The standard InChI is InChI=1S/C23H27N3O4S/c1-15-6-7-16(2)20(12-15)24-23(28)22-14-18-13-19(8-9-21(18)26(22)17(3)27)31(29,30)25-10-4-5-11-25/h6-9,12-13,22H,4-5,10-11,14H2,1-3H3,(H,24,28)/t22-/m0/s1. The summed E-state index contributed by atoms with van der Waals surface area (Å²) in [5, 5.41) is 2.94. The van der Waals surface area contributed by atoms with Crippen LogP contribution in [0.5, 0.6) is 0 Å². The Morgan fingerprint density at radius 2 is 1.74 bits per heavy atom. The normalized spacial score (nSPS) is 18.8. The molecule has 2 amide bonds. The molecule has 2 aromatic rings. The molecule has 1 fully saturated rings. The van der Waals surface area contributed by atoms with Crippen LogP contribution in [0, 0.1) is 13.8 Å². The van der Waals surface area contributed by atoms with Crippen LogP contribution >= 0.6 is 0 Å². The van der Waals surface area contributed by atoms with Crippen LogP contribution in [-0.2, 0) is 26.0 Å². The smallest absolute Gasteiger partial charge is 0.247 e. The molecule has 8 heteroatoms. The summed E-state index contributed by atoms with van der Waals surface area (Å²) in [7, 11) is -3.57. The first-order chi connectivity index (χ1) is 14.7. The van der Waals surface area contributed by atoms with Crippen molar-refractivity contribution in [3.8, 4) is 0 Å². The van der Waals surface area contributed by atoms with Gasteiger partial charge in [0.2, 0.25) is 21.8 Å². The summed E-state index contributed by atoms with van der Waals surface area (Å²) in [6.45, 7) is 6.34. The Kier molecular flexibility index (Phi) is 5.61. The third-order valence-corrected chi connectivity index (χ3v) is 7.93. The van der Waals surface area contributed by atoms with Crippen LogP contribution in [0.4, 0.5) is 11.4 Å². The van der Waals surface area contributed by atoms with E-state index in [0.717, 1.165) is 24.0 Å². The van der Waals surface area contributed by atoms with Gasteiger partial charge >= 0.3 is 0 Å². The zero-order valence-electron chi connectivity index (χ0n) is 18.0. The molecule has 7 nitrogen and oxygen atoms in total. The molecule has 1 N–H and O–H groups in total. The highest BCUT2D eigenvalue weighted by Crippen LogP contribution is 2.35. The van der Waals surface area contributed by atoms with Crippen molar-refractivity contribution in [1.82, 2.24) is 4.31 Å². The topological polar surface area (TPSA) is 86.8 Å². The van der Waals surface area contributed by atoms with E-state index in [9.17, 15) is 18.0 Å². The minimum atomic E-state index is -3.57. The monoisotopic (exact) mass is 441 g/mol. The highest BCUT2D eigenvalue weighted by atomic mass is 32.2. The van der Waals surface area contributed by atoms with Crippen molar-refractivity contribution in [2.75, 3.05) is 23.3 Å². The van der Waals surface area contributed by atoms with E-state index in [4.69, 9.17) is 0 Å². The first-order valence-electron chi connectivity index (χ1n) is 10.5. The van der Waals surface area contributed by atoms with E-state index >= 15 is 0 Å². The Labute approximate surface area is 183 Å². The highest BCUT2D eigenvalue weighted by Gasteiger charge is 2.38. The Morgan fingerprint density at radius 1 is 1.03 bits per heavy atom. The first-order valence-corrected chi connectivity index (χ1v) is 11.9. The van der Waals surface area contributed by atoms with Crippen LogP contribution in [0.25, 0.3) is 0 Å². The van der Waals surface area contributed by atoms with Crippen LogP contribution in [0.3, 0.4) is 0 Å². The fourth-order valence-corrected chi connectivity index (χ4v) is 5.92. The van der Waals surface area contributed by atoms with Gasteiger partial charge in [-0.15, -0.1) is 0 Å². The van der Waals surface area contributed by atoms with Gasteiger partial charge in [-0.25, -0.2) is 8.42 Å². The number of hydrogen-bond acceptors (Lipinski definition) is 4. The predicted molar refractivity (Wildman–Crippen MR) is 120 cm³/mol. The molecule has 2 aromatic carbocycles. The summed E-state index contributed by atoms with van der Waals surface area (Å²) in [5.74, 6) is -0.543. The van der Waals surface area contributed by atoms with Crippen molar-refractivity contribution in [3.05, 3.63) is 53.1 Å². The number of carbonyl (C=O) groups excluding carboxylic acids is 2. The number of aryl methyl sites for hydroxylation is 2. The van der Waals surface area contributed by atoms with E-state index in [1.165, 1.54) is 22.2 Å². The van der Waals surface area contributed by atoms with Crippen molar-refractivity contribution < 1.29 is 18.0 Å². The molecule has 2 aliphatic heterocycles. The third-order valence-electron chi connectivity index (χ3n) is 6.03. The van der Waals surface area contributed by atoms with Gasteiger partial charge in [0.25, 0.3) is 0 Å². The van der Waals surface area contributed by atoms with Crippen LogP contribution in [0.1, 0.15) is 36.5 Å². The molecular weight excluding hydrogens is 414 g/mol. The van der Waals surface area contributed by atoms with E-state index in [1.807, 2.05) is 32.0 Å². The molecule has 0 spiro atoms. The molecule has 1 saturated heterocycles. The van der Waals surface area contributed by atoms with Gasteiger partial charge in [0.1, 0.15) is 6.04 Å². The summed E-state index contributed by atoms with van der Waals surface area (Å²) in [5.41, 5.74) is 3.95. The Hall–Kier alpha value is -2.71. The molecule has 0 aromatic heterocycles. The fourth-order valence-electron chi connectivity index (χ4n) is 4.35. The Bertz CT molecular complexity index is 1150. The number of amides is 2. The van der Waals surface area contributed by atoms with Crippen molar-refractivity contribution in [2.24, 2.45) is 0 Å². The second-order valence-electron chi connectivity index (χ2n) is 8.32. The van der Waals surface area contributed by atoms with Gasteiger partial charge in [-0.3, -0.25) is 14.5 Å². The minimum absolute atomic E-state index is 0.215. The van der Waals surface area contributed by atoms with Gasteiger partial charge < -0.3 is 5.32 Å². The van der Waals surface area contributed by atoms with Crippen LogP contribution in [0.15, 0.2) is 41.3 Å². The molecule has 0 radical (unpaired) electrons. The second kappa shape index (κ2) is 8.09. The number of fused-ring (bicyclic) bond motifs is 1. The molecule has 1 atom stereocenters. The lowest BCUT2D eigenvalue weighted by molar-refractivity contribution is -0.122. The molecule has 0 bridgehead atoms. The van der Waals surface area contributed by atoms with E-state index in [2.05, 4.69) is 5.32 Å². The summed E-state index contributed by atoms with van der Waals surface area (Å²) >= 11 is 0. The Morgan fingerprint density at radius 3 is 2.42 bits per heavy atom. The Balaban J connectivity index is 1.63. The first kappa shape index (κ1) is 21.5. The fraction of sp³-hybridized carbons (Fsp3) is 0.391. The van der Waals surface area contributed by atoms with Crippen LogP contribution in [-0.4, -0.2) is 43.7 Å². The van der Waals surface area contributed by atoms with E-state index in [1.54, 1.807) is 12.1 Å². The average Bonchev–Trinajstić information content (AvgIpc) is 3.38. The molecule has 0 saturated carbocycles. The molecular formula is C23H27N3O4S. The molecule has 4 rings (SSSR count). The lowest BCUT2D eigenvalue weighted by Gasteiger charge is -2.24. The van der Waals surface area contributed by atoms with Crippen LogP contribution in [0.2, 0.25) is 0 Å². The van der Waals surface area contributed by atoms with Gasteiger partial charge in [0.05, 0.1) is 4.90 Å². The van der Waals surface area contributed by atoms with E-state index in [0.29, 0.717) is 30.0 Å². The molecule has 0 unspecified atom stereocenters. The number of sulfonamides is 1. The number of nitrogens with one attached hydrogen (secondary N) is 1. The van der Waals surface area contributed by atoms with Gasteiger partial charge in [-0.1, -0.05) is 12.1 Å². The number of carbonyl (C=O) groups is 2. The van der Waals surface area contributed by atoms with E-state index < -0.39 is 16.1 Å². The predicted octanol–water partition coefficient (Wildman–Crippen LogP) is 3.00. The molecule has 2 aliphatic rings. The maximum Gasteiger partial charge on any atom is 0.247 e. The lowest BCUT2D eigenvalue weighted by atomic mass is 10.1. The van der Waals surface area contributed by atoms with Crippen molar-refractivity contribution in [1.29, 1.82) is 0 Å². The van der Waals surface area contributed by atoms with Crippen molar-refractivity contribution in [3.63, 3.8) is 0 Å². The summed E-state index contributed by atoms with van der Waals surface area (Å²) in [4.78, 5) is 27.2. The van der Waals surface area contributed by atoms with E-state index in [-0.39, 0.29) is 23.1 Å². The van der Waals surface area contributed by atoms with Gasteiger partial charge in [0, 0.05) is 37.8 Å². The average molecular weight is 442 g/mol. The summed E-state index contributed by atoms with van der Waals surface area (Å²) in [6, 6.07) is 9.88. The molecule has 164 valence electrons. The SMILES string of the molecule is CC(=O)N1c2ccc(S(=O)(=O)N3CCCC3)cc2C[C@H]1C(=O)Nc1cc(C)ccc1C. The molecule has 31 heavy (non-hydrogen) atoms. The zero-order valence-corrected chi connectivity index (χ0v) is 18.8. The number of anilines is 2. The van der Waals surface area contributed by atoms with Crippen molar-refractivity contribution in [2.45, 2.75) is 51.0 Å². The van der Waals surface area contributed by atoms with Crippen LogP contribution < -0.4 is 10.2 Å². The number of rotatable bonds is 4. The number of benzene rings is 2. The number of hydrogen-bond donors (Lipinski definition) is 1. The largest absolute Gasteiger partial charge is 0.324 e.